The van der Waals surface area contributed by atoms with Crippen LogP contribution in [0.15, 0.2) is 48.5 Å². The molecule has 5 rings (SSSR count). The van der Waals surface area contributed by atoms with Gasteiger partial charge in [-0.05, 0) is 53.9 Å². The van der Waals surface area contributed by atoms with Crippen LogP contribution in [-0.4, -0.2) is 53.2 Å². The SMILES string of the molecule is O=C(NC1CCCCC1CC(=O)N1CCC[C@H]1C(=O)O)OCC1c2ccccc2-c2ccccc21. The number of fused-ring (bicyclic) bond motifs is 3. The lowest BCUT2D eigenvalue weighted by Gasteiger charge is -2.33. The van der Waals surface area contributed by atoms with Crippen LogP contribution in [0.1, 0.15) is 62.0 Å². The first-order chi connectivity index (χ1) is 17.0. The summed E-state index contributed by atoms with van der Waals surface area (Å²) in [7, 11) is 0. The van der Waals surface area contributed by atoms with E-state index in [0.717, 1.165) is 32.1 Å². The third-order valence-corrected chi connectivity index (χ3v) is 7.85. The van der Waals surface area contributed by atoms with Crippen molar-refractivity contribution in [3.05, 3.63) is 59.7 Å². The van der Waals surface area contributed by atoms with Crippen LogP contribution in [0.2, 0.25) is 0 Å². The maximum Gasteiger partial charge on any atom is 0.407 e. The first-order valence-electron chi connectivity index (χ1n) is 12.7. The number of carbonyl (C=O) groups is 3. The zero-order valence-electron chi connectivity index (χ0n) is 19.8. The minimum absolute atomic E-state index is 0.000000687. The van der Waals surface area contributed by atoms with E-state index in [0.29, 0.717) is 13.0 Å². The van der Waals surface area contributed by atoms with Gasteiger partial charge in [-0.15, -0.1) is 0 Å². The Labute approximate surface area is 205 Å². The molecule has 7 heteroatoms. The van der Waals surface area contributed by atoms with Crippen molar-refractivity contribution in [3.8, 4) is 11.1 Å². The highest BCUT2D eigenvalue weighted by atomic mass is 16.5. The van der Waals surface area contributed by atoms with Gasteiger partial charge in [0.1, 0.15) is 12.6 Å². The highest BCUT2D eigenvalue weighted by Gasteiger charge is 2.37. The summed E-state index contributed by atoms with van der Waals surface area (Å²) in [6.07, 6.45) is 4.65. The number of carbonyl (C=O) groups excluding carboxylic acids is 2. The van der Waals surface area contributed by atoms with Gasteiger partial charge in [0, 0.05) is 24.9 Å². The molecule has 7 nitrogen and oxygen atoms in total. The van der Waals surface area contributed by atoms with Crippen molar-refractivity contribution < 1.29 is 24.2 Å². The van der Waals surface area contributed by atoms with Crippen LogP contribution in [0.3, 0.4) is 0 Å². The third kappa shape index (κ3) is 4.77. The second-order valence-corrected chi connectivity index (χ2v) is 9.91. The Hall–Kier alpha value is -3.35. The fourth-order valence-electron chi connectivity index (χ4n) is 6.10. The van der Waals surface area contributed by atoms with Crippen LogP contribution >= 0.6 is 0 Å². The summed E-state index contributed by atoms with van der Waals surface area (Å²) >= 11 is 0. The number of nitrogens with one attached hydrogen (secondary N) is 1. The van der Waals surface area contributed by atoms with Crippen molar-refractivity contribution in [2.75, 3.05) is 13.2 Å². The molecule has 0 aromatic heterocycles. The molecule has 2 aromatic rings. The minimum atomic E-state index is -0.937. The number of benzene rings is 2. The van der Waals surface area contributed by atoms with Gasteiger partial charge in [-0.25, -0.2) is 9.59 Å². The number of alkyl carbamates (subject to hydrolysis) is 1. The van der Waals surface area contributed by atoms with Crippen molar-refractivity contribution in [1.29, 1.82) is 0 Å². The number of amides is 2. The second-order valence-electron chi connectivity index (χ2n) is 9.91. The topological polar surface area (TPSA) is 95.9 Å². The zero-order valence-corrected chi connectivity index (χ0v) is 19.8. The average Bonchev–Trinajstić information content (AvgIpc) is 3.48. The summed E-state index contributed by atoms with van der Waals surface area (Å²) in [5, 5.41) is 12.4. The highest BCUT2D eigenvalue weighted by Crippen LogP contribution is 2.44. The van der Waals surface area contributed by atoms with Gasteiger partial charge in [-0.1, -0.05) is 61.4 Å². The predicted octanol–water partition coefficient (Wildman–Crippen LogP) is 4.55. The Morgan fingerprint density at radius 1 is 0.914 bits per heavy atom. The molecule has 2 aliphatic carbocycles. The molecule has 3 aliphatic rings. The van der Waals surface area contributed by atoms with Gasteiger partial charge in [0.2, 0.25) is 5.91 Å². The van der Waals surface area contributed by atoms with Crippen LogP contribution in [0.4, 0.5) is 4.79 Å². The molecule has 0 radical (unpaired) electrons. The number of likely N-dealkylation sites (tertiary alicyclic amines) is 1. The maximum absolute atomic E-state index is 12.9. The van der Waals surface area contributed by atoms with Crippen molar-refractivity contribution in [2.24, 2.45) is 5.92 Å². The van der Waals surface area contributed by atoms with E-state index < -0.39 is 18.1 Å². The predicted molar refractivity (Wildman–Crippen MR) is 131 cm³/mol. The summed E-state index contributed by atoms with van der Waals surface area (Å²) < 4.78 is 5.72. The molecule has 2 aromatic carbocycles. The molecular formula is C28H32N2O5. The van der Waals surface area contributed by atoms with Gasteiger partial charge in [0.05, 0.1) is 0 Å². The van der Waals surface area contributed by atoms with E-state index in [1.54, 1.807) is 0 Å². The number of hydrogen-bond donors (Lipinski definition) is 2. The molecule has 2 unspecified atom stereocenters. The Morgan fingerprint density at radius 2 is 1.57 bits per heavy atom. The number of aliphatic carboxylic acids is 1. The molecule has 1 saturated carbocycles. The second kappa shape index (κ2) is 10.1. The fourth-order valence-corrected chi connectivity index (χ4v) is 6.10. The summed E-state index contributed by atoms with van der Waals surface area (Å²) in [5.41, 5.74) is 4.71. The molecule has 0 spiro atoms. The van der Waals surface area contributed by atoms with Crippen molar-refractivity contribution in [3.63, 3.8) is 0 Å². The minimum Gasteiger partial charge on any atom is -0.480 e. The van der Waals surface area contributed by atoms with Gasteiger partial charge in [-0.2, -0.15) is 0 Å². The number of nitrogens with zero attached hydrogens (tertiary/aromatic N) is 1. The smallest absolute Gasteiger partial charge is 0.407 e. The molecular weight excluding hydrogens is 444 g/mol. The number of carboxylic acid groups (broad SMARTS) is 1. The summed E-state index contributed by atoms with van der Waals surface area (Å²) in [6.45, 7) is 0.747. The molecule has 2 N–H and O–H groups in total. The van der Waals surface area contributed by atoms with Crippen LogP contribution in [0.25, 0.3) is 11.1 Å². The molecule has 3 atom stereocenters. The van der Waals surface area contributed by atoms with Gasteiger partial charge in [-0.3, -0.25) is 4.79 Å². The number of hydrogen-bond acceptors (Lipinski definition) is 4. The average molecular weight is 477 g/mol. The molecule has 1 saturated heterocycles. The Bertz CT molecular complexity index is 1070. The molecule has 1 aliphatic heterocycles. The molecule has 35 heavy (non-hydrogen) atoms. The monoisotopic (exact) mass is 476 g/mol. The number of carboxylic acids is 1. The Balaban J connectivity index is 1.20. The first-order valence-corrected chi connectivity index (χ1v) is 12.7. The maximum atomic E-state index is 12.9. The van der Waals surface area contributed by atoms with Gasteiger partial charge in [0.15, 0.2) is 0 Å². The lowest BCUT2D eigenvalue weighted by Crippen LogP contribution is -2.46. The quantitative estimate of drug-likeness (QED) is 0.638. The van der Waals surface area contributed by atoms with E-state index >= 15 is 0 Å². The standard InChI is InChI=1S/C28H32N2O5/c31-26(30-15-7-14-25(30)27(32)33)16-18-8-1-6-13-24(18)29-28(34)35-17-23-21-11-4-2-9-19(21)20-10-3-5-12-22(20)23/h2-5,9-12,18,23-25H,1,6-8,13-17H2,(H,29,34)(H,32,33)/t18?,24?,25-/m0/s1. The van der Waals surface area contributed by atoms with E-state index in [4.69, 9.17) is 4.74 Å². The van der Waals surface area contributed by atoms with E-state index in [-0.39, 0.29) is 36.8 Å². The molecule has 0 bridgehead atoms. The lowest BCUT2D eigenvalue weighted by molar-refractivity contribution is -0.148. The lowest BCUT2D eigenvalue weighted by atomic mass is 9.82. The zero-order chi connectivity index (χ0) is 24.4. The van der Waals surface area contributed by atoms with E-state index in [1.807, 2.05) is 24.3 Å². The Morgan fingerprint density at radius 3 is 2.26 bits per heavy atom. The van der Waals surface area contributed by atoms with E-state index in [2.05, 4.69) is 29.6 Å². The van der Waals surface area contributed by atoms with Crippen LogP contribution < -0.4 is 5.32 Å². The molecule has 2 amide bonds. The molecule has 1 heterocycles. The van der Waals surface area contributed by atoms with E-state index in [9.17, 15) is 19.5 Å². The van der Waals surface area contributed by atoms with Crippen LogP contribution in [0, 0.1) is 5.92 Å². The van der Waals surface area contributed by atoms with Gasteiger partial charge in [0.25, 0.3) is 0 Å². The van der Waals surface area contributed by atoms with Crippen LogP contribution in [-0.2, 0) is 14.3 Å². The summed E-state index contributed by atoms with van der Waals surface area (Å²) in [6, 6.07) is 15.6. The molecule has 2 fully saturated rings. The largest absolute Gasteiger partial charge is 0.480 e. The third-order valence-electron chi connectivity index (χ3n) is 7.85. The van der Waals surface area contributed by atoms with E-state index in [1.165, 1.54) is 27.2 Å². The van der Waals surface area contributed by atoms with Crippen molar-refractivity contribution in [2.45, 2.75) is 62.9 Å². The highest BCUT2D eigenvalue weighted by molar-refractivity contribution is 5.84. The number of ether oxygens (including phenoxy) is 1. The number of rotatable bonds is 6. The Kier molecular flexibility index (Phi) is 6.75. The van der Waals surface area contributed by atoms with Crippen molar-refractivity contribution in [1.82, 2.24) is 10.2 Å². The van der Waals surface area contributed by atoms with Crippen LogP contribution in [0.5, 0.6) is 0 Å². The fraction of sp³-hybridized carbons (Fsp3) is 0.464. The normalized spacial score (nSPS) is 23.4. The van der Waals surface area contributed by atoms with Gasteiger partial charge >= 0.3 is 12.1 Å². The summed E-state index contributed by atoms with van der Waals surface area (Å²) in [5.74, 6) is -1.07. The van der Waals surface area contributed by atoms with Crippen molar-refractivity contribution >= 4 is 18.0 Å². The summed E-state index contributed by atoms with van der Waals surface area (Å²) in [4.78, 5) is 38.7. The molecule has 184 valence electrons. The first kappa shape index (κ1) is 23.4. The van der Waals surface area contributed by atoms with Gasteiger partial charge < -0.3 is 20.1 Å².